The van der Waals surface area contributed by atoms with Crippen LogP contribution in [0.15, 0.2) is 4.99 Å². The van der Waals surface area contributed by atoms with Gasteiger partial charge in [-0.2, -0.15) is 0 Å². The van der Waals surface area contributed by atoms with E-state index in [1.165, 1.54) is 0 Å². The SMILES string of the molecule is [2H]C([2H])(O)C1=NCCC1. The summed E-state index contributed by atoms with van der Waals surface area (Å²) in [5.41, 5.74) is 0.294. The molecule has 0 amide bonds. The van der Waals surface area contributed by atoms with Gasteiger partial charge in [-0.3, -0.25) is 4.99 Å². The predicted molar refractivity (Wildman–Crippen MR) is 28.6 cm³/mol. The molecule has 0 aromatic carbocycles. The van der Waals surface area contributed by atoms with E-state index in [4.69, 9.17) is 7.85 Å². The second-order valence-corrected chi connectivity index (χ2v) is 1.54. The van der Waals surface area contributed by atoms with Gasteiger partial charge in [0.05, 0.1) is 9.30 Å². The predicted octanol–water partition coefficient (Wildman–Crippen LogP) is 0.214. The summed E-state index contributed by atoms with van der Waals surface area (Å²) in [6, 6.07) is 0. The fraction of sp³-hybridized carbons (Fsp3) is 0.800. The number of aliphatic imine (C=N–C) groups is 1. The van der Waals surface area contributed by atoms with E-state index in [2.05, 4.69) is 4.99 Å². The molecule has 2 heteroatoms. The zero-order chi connectivity index (χ0) is 6.91. The summed E-state index contributed by atoms with van der Waals surface area (Å²) in [5.74, 6) is 0. The van der Waals surface area contributed by atoms with Crippen molar-refractivity contribution in [3.8, 4) is 0 Å². The lowest BCUT2D eigenvalue weighted by Gasteiger charge is -1.85. The number of hydrogen-bond donors (Lipinski definition) is 1. The van der Waals surface area contributed by atoms with E-state index in [0.717, 1.165) is 6.42 Å². The second-order valence-electron chi connectivity index (χ2n) is 1.54. The van der Waals surface area contributed by atoms with Gasteiger partial charge in [0.1, 0.15) is 0 Å². The maximum atomic E-state index is 8.72. The third-order valence-corrected chi connectivity index (χ3v) is 1.00. The quantitative estimate of drug-likeness (QED) is 0.503. The first-order valence-corrected chi connectivity index (χ1v) is 2.37. The topological polar surface area (TPSA) is 32.6 Å². The van der Waals surface area contributed by atoms with Crippen LogP contribution in [0.2, 0.25) is 0 Å². The highest BCUT2D eigenvalue weighted by Crippen LogP contribution is 2.01. The lowest BCUT2D eigenvalue weighted by molar-refractivity contribution is 0.356. The second kappa shape index (κ2) is 2.07. The monoisotopic (exact) mass is 101 g/mol. The van der Waals surface area contributed by atoms with Gasteiger partial charge in [-0.15, -0.1) is 0 Å². The molecule has 40 valence electrons. The fourth-order valence-corrected chi connectivity index (χ4v) is 0.631. The minimum Gasteiger partial charge on any atom is -0.390 e. The zero-order valence-corrected chi connectivity index (χ0v) is 4.02. The average molecular weight is 101 g/mol. The first-order chi connectivity index (χ1) is 4.11. The molecule has 0 bridgehead atoms. The largest absolute Gasteiger partial charge is 0.390 e. The average Bonchev–Trinajstić information content (AvgIpc) is 2.08. The van der Waals surface area contributed by atoms with E-state index in [-0.39, 0.29) is 0 Å². The maximum absolute atomic E-state index is 8.72. The maximum Gasteiger partial charge on any atom is 0.0809 e. The highest BCUT2D eigenvalue weighted by atomic mass is 16.3. The lowest BCUT2D eigenvalue weighted by atomic mass is 10.3. The molecule has 0 fully saturated rings. The Morgan fingerprint density at radius 3 is 3.14 bits per heavy atom. The minimum atomic E-state index is -2.17. The van der Waals surface area contributed by atoms with Crippen molar-refractivity contribution in [3.63, 3.8) is 0 Å². The van der Waals surface area contributed by atoms with E-state index >= 15 is 0 Å². The standard InChI is InChI=1S/C5H9NO/c7-4-5-2-1-3-6-5/h7H,1-4H2/i4D2. The van der Waals surface area contributed by atoms with Crippen LogP contribution in [0.25, 0.3) is 0 Å². The van der Waals surface area contributed by atoms with Crippen LogP contribution in [0.5, 0.6) is 0 Å². The van der Waals surface area contributed by atoms with Crippen molar-refractivity contribution < 1.29 is 7.85 Å². The Labute approximate surface area is 45.7 Å². The van der Waals surface area contributed by atoms with Gasteiger partial charge in [0.2, 0.25) is 0 Å². The summed E-state index contributed by atoms with van der Waals surface area (Å²) < 4.78 is 13.6. The zero-order valence-electron chi connectivity index (χ0n) is 6.02. The Morgan fingerprint density at radius 1 is 2.00 bits per heavy atom. The molecule has 1 aliphatic rings. The molecule has 0 atom stereocenters. The molecule has 0 aliphatic carbocycles. The molecule has 1 rings (SSSR count). The van der Waals surface area contributed by atoms with E-state index in [9.17, 15) is 0 Å². The van der Waals surface area contributed by atoms with Gasteiger partial charge in [-0.05, 0) is 12.8 Å². The normalized spacial score (nSPS) is 26.1. The third-order valence-electron chi connectivity index (χ3n) is 1.00. The lowest BCUT2D eigenvalue weighted by Crippen LogP contribution is -1.97. The molecule has 1 N–H and O–H groups in total. The van der Waals surface area contributed by atoms with Crippen molar-refractivity contribution in [1.29, 1.82) is 0 Å². The Balaban J connectivity index is 2.61. The fourth-order valence-electron chi connectivity index (χ4n) is 0.631. The van der Waals surface area contributed by atoms with Gasteiger partial charge >= 0.3 is 0 Å². The smallest absolute Gasteiger partial charge is 0.0809 e. The van der Waals surface area contributed by atoms with E-state index < -0.39 is 6.56 Å². The summed E-state index contributed by atoms with van der Waals surface area (Å²) >= 11 is 0. The number of nitrogens with zero attached hydrogens (tertiary/aromatic N) is 1. The van der Waals surface area contributed by atoms with Gasteiger partial charge in [0.15, 0.2) is 0 Å². The number of rotatable bonds is 1. The van der Waals surface area contributed by atoms with Crippen molar-refractivity contribution in [2.45, 2.75) is 12.8 Å². The van der Waals surface area contributed by atoms with Gasteiger partial charge in [0.25, 0.3) is 0 Å². The van der Waals surface area contributed by atoms with Gasteiger partial charge in [0, 0.05) is 12.3 Å². The van der Waals surface area contributed by atoms with Crippen LogP contribution in [0.4, 0.5) is 0 Å². The molecule has 0 saturated carbocycles. The molecule has 7 heavy (non-hydrogen) atoms. The Hall–Kier alpha value is -0.370. The molecule has 0 saturated heterocycles. The van der Waals surface area contributed by atoms with Gasteiger partial charge in [-0.25, -0.2) is 0 Å². The first kappa shape index (κ1) is 2.82. The van der Waals surface area contributed by atoms with Crippen LogP contribution >= 0.6 is 0 Å². The Kier molecular flexibility index (Phi) is 0.836. The van der Waals surface area contributed by atoms with Crippen LogP contribution in [-0.2, 0) is 0 Å². The van der Waals surface area contributed by atoms with Gasteiger partial charge < -0.3 is 5.11 Å². The molecule has 0 spiro atoms. The summed E-state index contributed by atoms with van der Waals surface area (Å²) in [4.78, 5) is 3.80. The Bertz CT molecular complexity index is 138. The summed E-state index contributed by atoms with van der Waals surface area (Å²) in [7, 11) is 0. The molecule has 0 aromatic rings. The molecule has 1 heterocycles. The van der Waals surface area contributed by atoms with Crippen molar-refractivity contribution >= 4 is 5.71 Å². The summed E-state index contributed by atoms with van der Waals surface area (Å²) in [5, 5.41) is 8.72. The Morgan fingerprint density at radius 2 is 2.86 bits per heavy atom. The van der Waals surface area contributed by atoms with E-state index in [1.54, 1.807) is 0 Å². The molecule has 2 nitrogen and oxygen atoms in total. The molecule has 0 radical (unpaired) electrons. The molecular formula is C5H9NO. The van der Waals surface area contributed by atoms with E-state index in [1.807, 2.05) is 0 Å². The van der Waals surface area contributed by atoms with Crippen molar-refractivity contribution in [3.05, 3.63) is 0 Å². The summed E-state index contributed by atoms with van der Waals surface area (Å²) in [6.45, 7) is -1.51. The van der Waals surface area contributed by atoms with Crippen LogP contribution < -0.4 is 0 Å². The molecule has 0 unspecified atom stereocenters. The number of hydrogen-bond acceptors (Lipinski definition) is 2. The van der Waals surface area contributed by atoms with E-state index in [0.29, 0.717) is 18.7 Å². The van der Waals surface area contributed by atoms with Crippen molar-refractivity contribution in [2.75, 3.05) is 13.1 Å². The highest BCUT2D eigenvalue weighted by Gasteiger charge is 2.01. The van der Waals surface area contributed by atoms with Crippen LogP contribution in [-0.4, -0.2) is 23.9 Å². The van der Waals surface area contributed by atoms with Crippen LogP contribution in [0, 0.1) is 0 Å². The van der Waals surface area contributed by atoms with Crippen LogP contribution in [0.3, 0.4) is 0 Å². The summed E-state index contributed by atoms with van der Waals surface area (Å²) in [6.07, 6.45) is 1.47. The number of aliphatic hydroxyl groups is 1. The molecule has 0 aromatic heterocycles. The van der Waals surface area contributed by atoms with Crippen LogP contribution in [0.1, 0.15) is 15.6 Å². The van der Waals surface area contributed by atoms with Crippen molar-refractivity contribution in [1.82, 2.24) is 0 Å². The molecule has 1 aliphatic heterocycles. The highest BCUT2D eigenvalue weighted by molar-refractivity contribution is 5.86. The van der Waals surface area contributed by atoms with Gasteiger partial charge in [-0.1, -0.05) is 0 Å². The minimum absolute atomic E-state index is 0.294. The molecular weight excluding hydrogens is 90.1 g/mol. The first-order valence-electron chi connectivity index (χ1n) is 3.37. The third kappa shape index (κ3) is 0.996. The van der Waals surface area contributed by atoms with Crippen molar-refractivity contribution in [2.24, 2.45) is 4.99 Å².